The molecule has 0 atom stereocenters. The zero-order valence-electron chi connectivity index (χ0n) is 8.82. The first-order valence-electron chi connectivity index (χ1n) is 4.62. The number of halogens is 3. The van der Waals surface area contributed by atoms with Gasteiger partial charge >= 0.3 is 18.1 Å². The summed E-state index contributed by atoms with van der Waals surface area (Å²) in [6, 6.07) is 4.99. The Bertz CT molecular complexity index is 459. The van der Waals surface area contributed by atoms with Crippen LogP contribution in [0, 0.1) is 0 Å². The first kappa shape index (κ1) is 13.8. The van der Waals surface area contributed by atoms with Crippen molar-refractivity contribution < 1.29 is 32.6 Å². The lowest BCUT2D eigenvalue weighted by atomic mass is 10.3. The molecule has 0 fully saturated rings. The Balaban J connectivity index is 2.70. The molecule has 0 saturated heterocycles. The quantitative estimate of drug-likeness (QED) is 0.866. The van der Waals surface area contributed by atoms with E-state index in [-0.39, 0.29) is 11.4 Å². The summed E-state index contributed by atoms with van der Waals surface area (Å²) in [5, 5.41) is 9.97. The number of carboxylic acid groups (broad SMARTS) is 1. The fourth-order valence-electron chi connectivity index (χ4n) is 1.01. The molecule has 8 heteroatoms. The van der Waals surface area contributed by atoms with Crippen LogP contribution in [0.1, 0.15) is 0 Å². The molecular weight excluding hydrogens is 255 g/mol. The molecule has 2 N–H and O–H groups in total. The fraction of sp³-hybridized carbons (Fsp3) is 0.200. The normalized spacial score (nSPS) is 10.8. The van der Waals surface area contributed by atoms with Crippen molar-refractivity contribution in [2.24, 2.45) is 0 Å². The standard InChI is InChI=1S/C10H8F3NO4/c11-10(12,13)9(17)14-6-2-1-3-7(4-6)18-5-8(15)16/h1-4H,5H2,(H,14,17)(H,15,16). The van der Waals surface area contributed by atoms with Crippen molar-refractivity contribution in [2.75, 3.05) is 11.9 Å². The van der Waals surface area contributed by atoms with Crippen molar-refractivity contribution >= 4 is 17.6 Å². The van der Waals surface area contributed by atoms with Gasteiger partial charge in [0.1, 0.15) is 5.75 Å². The molecule has 1 rings (SSSR count). The highest BCUT2D eigenvalue weighted by molar-refractivity contribution is 5.95. The van der Waals surface area contributed by atoms with E-state index in [9.17, 15) is 22.8 Å². The summed E-state index contributed by atoms with van der Waals surface area (Å²) >= 11 is 0. The number of rotatable bonds is 4. The third kappa shape index (κ3) is 4.32. The van der Waals surface area contributed by atoms with Crippen LogP contribution in [0.15, 0.2) is 24.3 Å². The minimum atomic E-state index is -4.99. The molecule has 0 heterocycles. The molecular formula is C10H8F3NO4. The van der Waals surface area contributed by atoms with Crippen LogP contribution in [0.5, 0.6) is 5.75 Å². The summed E-state index contributed by atoms with van der Waals surface area (Å²) in [5.74, 6) is -3.30. The molecule has 98 valence electrons. The van der Waals surface area contributed by atoms with Gasteiger partial charge in [0.25, 0.3) is 0 Å². The van der Waals surface area contributed by atoms with Crippen LogP contribution in [-0.4, -0.2) is 29.8 Å². The van der Waals surface area contributed by atoms with Gasteiger partial charge in [-0.2, -0.15) is 13.2 Å². The van der Waals surface area contributed by atoms with Gasteiger partial charge in [-0.05, 0) is 12.1 Å². The second kappa shape index (κ2) is 5.39. The fourth-order valence-corrected chi connectivity index (χ4v) is 1.01. The van der Waals surface area contributed by atoms with E-state index in [2.05, 4.69) is 0 Å². The van der Waals surface area contributed by atoms with Crippen LogP contribution >= 0.6 is 0 Å². The highest BCUT2D eigenvalue weighted by Gasteiger charge is 2.38. The van der Waals surface area contributed by atoms with Crippen LogP contribution in [0.2, 0.25) is 0 Å². The van der Waals surface area contributed by atoms with E-state index in [4.69, 9.17) is 9.84 Å². The lowest BCUT2D eigenvalue weighted by Crippen LogP contribution is -2.29. The number of carbonyl (C=O) groups excluding carboxylic acids is 1. The molecule has 18 heavy (non-hydrogen) atoms. The second-order valence-corrected chi connectivity index (χ2v) is 3.16. The Morgan fingerprint density at radius 1 is 1.33 bits per heavy atom. The van der Waals surface area contributed by atoms with E-state index >= 15 is 0 Å². The van der Waals surface area contributed by atoms with Crippen LogP contribution < -0.4 is 10.1 Å². The lowest BCUT2D eigenvalue weighted by molar-refractivity contribution is -0.167. The number of hydrogen-bond donors (Lipinski definition) is 2. The molecule has 0 aliphatic rings. The predicted octanol–water partition coefficient (Wildman–Crippen LogP) is 1.65. The van der Waals surface area contributed by atoms with Gasteiger partial charge in [0.15, 0.2) is 6.61 Å². The molecule has 0 aromatic heterocycles. The van der Waals surface area contributed by atoms with Gasteiger partial charge in [-0.25, -0.2) is 4.79 Å². The zero-order chi connectivity index (χ0) is 13.8. The van der Waals surface area contributed by atoms with E-state index in [0.29, 0.717) is 0 Å². The maximum Gasteiger partial charge on any atom is 0.471 e. The average Bonchev–Trinajstić information content (AvgIpc) is 2.25. The molecule has 0 saturated carbocycles. The van der Waals surface area contributed by atoms with Gasteiger partial charge in [-0.3, -0.25) is 4.79 Å². The molecule has 1 aromatic carbocycles. The first-order chi connectivity index (χ1) is 8.29. The Morgan fingerprint density at radius 2 is 2.00 bits per heavy atom. The highest BCUT2D eigenvalue weighted by atomic mass is 19.4. The average molecular weight is 263 g/mol. The SMILES string of the molecule is O=C(O)COc1cccc(NC(=O)C(F)(F)F)c1. The summed E-state index contributed by atoms with van der Waals surface area (Å²) in [4.78, 5) is 20.9. The number of hydrogen-bond acceptors (Lipinski definition) is 3. The number of aliphatic carboxylic acids is 1. The van der Waals surface area contributed by atoms with Gasteiger partial charge in [0, 0.05) is 11.8 Å². The molecule has 0 radical (unpaired) electrons. The van der Waals surface area contributed by atoms with Crippen molar-refractivity contribution in [3.05, 3.63) is 24.3 Å². The molecule has 0 aliphatic carbocycles. The number of carbonyl (C=O) groups is 2. The van der Waals surface area contributed by atoms with Gasteiger partial charge in [-0.15, -0.1) is 0 Å². The Morgan fingerprint density at radius 3 is 2.56 bits per heavy atom. The Hall–Kier alpha value is -2.25. The molecule has 0 unspecified atom stereocenters. The maximum absolute atomic E-state index is 12.0. The number of amides is 1. The van der Waals surface area contributed by atoms with Crippen molar-refractivity contribution in [2.45, 2.75) is 6.18 Å². The van der Waals surface area contributed by atoms with Crippen LogP contribution in [0.3, 0.4) is 0 Å². The van der Waals surface area contributed by atoms with Gasteiger partial charge in [0.05, 0.1) is 0 Å². The number of ether oxygens (including phenoxy) is 1. The predicted molar refractivity (Wildman–Crippen MR) is 54.3 cm³/mol. The topological polar surface area (TPSA) is 75.6 Å². The van der Waals surface area contributed by atoms with Crippen molar-refractivity contribution in [1.82, 2.24) is 0 Å². The Kier molecular flexibility index (Phi) is 4.13. The number of carboxylic acids is 1. The largest absolute Gasteiger partial charge is 0.482 e. The third-order valence-corrected chi connectivity index (χ3v) is 1.71. The van der Waals surface area contributed by atoms with Gasteiger partial charge in [0.2, 0.25) is 0 Å². The zero-order valence-corrected chi connectivity index (χ0v) is 8.82. The van der Waals surface area contributed by atoms with E-state index in [1.807, 2.05) is 0 Å². The third-order valence-electron chi connectivity index (χ3n) is 1.71. The number of benzene rings is 1. The number of anilines is 1. The van der Waals surface area contributed by atoms with Crippen molar-refractivity contribution in [3.8, 4) is 5.75 Å². The lowest BCUT2D eigenvalue weighted by Gasteiger charge is -2.09. The van der Waals surface area contributed by atoms with Crippen LogP contribution in [0.4, 0.5) is 18.9 Å². The van der Waals surface area contributed by atoms with Crippen LogP contribution in [0.25, 0.3) is 0 Å². The number of nitrogens with one attached hydrogen (secondary N) is 1. The maximum atomic E-state index is 12.0. The van der Waals surface area contributed by atoms with E-state index in [1.165, 1.54) is 18.2 Å². The first-order valence-corrected chi connectivity index (χ1v) is 4.62. The van der Waals surface area contributed by atoms with E-state index < -0.39 is 24.7 Å². The summed E-state index contributed by atoms with van der Waals surface area (Å²) in [6.07, 6.45) is -4.99. The van der Waals surface area contributed by atoms with E-state index in [1.54, 1.807) is 5.32 Å². The summed E-state index contributed by atoms with van der Waals surface area (Å²) in [5.41, 5.74) is -0.139. The van der Waals surface area contributed by atoms with Gasteiger partial charge < -0.3 is 15.2 Å². The van der Waals surface area contributed by atoms with Crippen molar-refractivity contribution in [3.63, 3.8) is 0 Å². The minimum absolute atomic E-state index is 0.0392. The smallest absolute Gasteiger partial charge is 0.471 e. The monoisotopic (exact) mass is 263 g/mol. The minimum Gasteiger partial charge on any atom is -0.482 e. The summed E-state index contributed by atoms with van der Waals surface area (Å²) in [7, 11) is 0. The molecule has 1 amide bonds. The van der Waals surface area contributed by atoms with Crippen LogP contribution in [-0.2, 0) is 9.59 Å². The molecule has 0 aliphatic heterocycles. The van der Waals surface area contributed by atoms with Gasteiger partial charge in [-0.1, -0.05) is 6.07 Å². The Labute approximate surface area is 99.2 Å². The number of alkyl halides is 3. The molecule has 0 bridgehead atoms. The second-order valence-electron chi connectivity index (χ2n) is 3.16. The molecule has 0 spiro atoms. The molecule has 1 aromatic rings. The van der Waals surface area contributed by atoms with E-state index in [0.717, 1.165) is 6.07 Å². The highest BCUT2D eigenvalue weighted by Crippen LogP contribution is 2.21. The summed E-state index contributed by atoms with van der Waals surface area (Å²) < 4.78 is 40.6. The molecule has 5 nitrogen and oxygen atoms in total. The van der Waals surface area contributed by atoms with Crippen molar-refractivity contribution in [1.29, 1.82) is 0 Å². The summed E-state index contributed by atoms with van der Waals surface area (Å²) in [6.45, 7) is -0.628.